The Balaban J connectivity index is 1.98. The van der Waals surface area contributed by atoms with Gasteiger partial charge in [0.1, 0.15) is 17.3 Å². The maximum absolute atomic E-state index is 13.4. The molecule has 5 heteroatoms. The number of hydrogen-bond donors (Lipinski definition) is 2. The number of methoxy groups -OCH3 is 1. The third kappa shape index (κ3) is 3.72. The van der Waals surface area contributed by atoms with Gasteiger partial charge >= 0.3 is 0 Å². The summed E-state index contributed by atoms with van der Waals surface area (Å²) in [5.41, 5.74) is 0.663. The van der Waals surface area contributed by atoms with Crippen molar-refractivity contribution in [2.45, 2.75) is 6.42 Å². The van der Waals surface area contributed by atoms with Gasteiger partial charge in [-0.3, -0.25) is 4.79 Å². The molecule has 0 bridgehead atoms. The summed E-state index contributed by atoms with van der Waals surface area (Å²) >= 11 is 0. The van der Waals surface area contributed by atoms with Crippen LogP contribution in [0.25, 0.3) is 0 Å². The first-order valence-electron chi connectivity index (χ1n) is 6.50. The molecule has 0 aromatic heterocycles. The first-order chi connectivity index (χ1) is 10.1. The molecule has 2 aromatic rings. The summed E-state index contributed by atoms with van der Waals surface area (Å²) in [6, 6.07) is 10.8. The van der Waals surface area contributed by atoms with E-state index in [9.17, 15) is 14.3 Å². The molecular formula is C16H16FNO3. The van der Waals surface area contributed by atoms with Crippen molar-refractivity contribution in [3.63, 3.8) is 0 Å². The predicted molar refractivity (Wildman–Crippen MR) is 77.1 cm³/mol. The molecule has 0 saturated heterocycles. The van der Waals surface area contributed by atoms with Crippen molar-refractivity contribution in [1.29, 1.82) is 0 Å². The summed E-state index contributed by atoms with van der Waals surface area (Å²) in [5.74, 6) is -0.370. The Morgan fingerprint density at radius 1 is 1.29 bits per heavy atom. The molecule has 0 aliphatic rings. The fraction of sp³-hybridized carbons (Fsp3) is 0.188. The number of ether oxygens (including phenoxy) is 1. The quantitative estimate of drug-likeness (QED) is 0.889. The standard InChI is InChI=1S/C16H16FNO3/c1-21-12-6-7-15(19)13(10-12)16(20)18-9-8-11-4-2-3-5-14(11)17/h2-7,10,19H,8-9H2,1H3,(H,18,20). The van der Waals surface area contributed by atoms with Crippen LogP contribution in [0.15, 0.2) is 42.5 Å². The number of halogens is 1. The predicted octanol–water partition coefficient (Wildman–Crippen LogP) is 2.51. The first-order valence-corrected chi connectivity index (χ1v) is 6.50. The van der Waals surface area contributed by atoms with Gasteiger partial charge in [0.2, 0.25) is 0 Å². The lowest BCUT2D eigenvalue weighted by Crippen LogP contribution is -2.26. The van der Waals surface area contributed by atoms with E-state index in [-0.39, 0.29) is 23.7 Å². The number of phenolic OH excluding ortho intramolecular Hbond substituents is 1. The number of rotatable bonds is 5. The highest BCUT2D eigenvalue weighted by Crippen LogP contribution is 2.22. The summed E-state index contributed by atoms with van der Waals surface area (Å²) in [5, 5.41) is 12.3. The summed E-state index contributed by atoms with van der Waals surface area (Å²) in [6.45, 7) is 0.274. The van der Waals surface area contributed by atoms with Crippen LogP contribution in [0, 0.1) is 5.82 Å². The minimum Gasteiger partial charge on any atom is -0.507 e. The van der Waals surface area contributed by atoms with Crippen molar-refractivity contribution in [2.75, 3.05) is 13.7 Å². The molecule has 0 atom stereocenters. The number of nitrogens with one attached hydrogen (secondary N) is 1. The fourth-order valence-electron chi connectivity index (χ4n) is 1.93. The van der Waals surface area contributed by atoms with E-state index in [2.05, 4.69) is 5.32 Å². The normalized spacial score (nSPS) is 10.2. The lowest BCUT2D eigenvalue weighted by atomic mass is 10.1. The van der Waals surface area contributed by atoms with Crippen molar-refractivity contribution in [3.8, 4) is 11.5 Å². The Hall–Kier alpha value is -2.56. The maximum atomic E-state index is 13.4. The Morgan fingerprint density at radius 2 is 2.05 bits per heavy atom. The van der Waals surface area contributed by atoms with Crippen LogP contribution in [0.4, 0.5) is 4.39 Å². The molecule has 110 valence electrons. The van der Waals surface area contributed by atoms with Gasteiger partial charge in [-0.1, -0.05) is 18.2 Å². The number of amides is 1. The molecule has 0 saturated carbocycles. The van der Waals surface area contributed by atoms with Crippen LogP contribution in [-0.2, 0) is 6.42 Å². The molecule has 0 aliphatic heterocycles. The van der Waals surface area contributed by atoms with Crippen molar-refractivity contribution in [3.05, 3.63) is 59.4 Å². The third-order valence-corrected chi connectivity index (χ3v) is 3.09. The average molecular weight is 289 g/mol. The zero-order chi connectivity index (χ0) is 15.2. The van der Waals surface area contributed by atoms with Crippen LogP contribution >= 0.6 is 0 Å². The van der Waals surface area contributed by atoms with E-state index in [4.69, 9.17) is 4.74 Å². The van der Waals surface area contributed by atoms with Crippen molar-refractivity contribution >= 4 is 5.91 Å². The summed E-state index contributed by atoms with van der Waals surface area (Å²) in [7, 11) is 1.48. The maximum Gasteiger partial charge on any atom is 0.255 e. The topological polar surface area (TPSA) is 58.6 Å². The first kappa shape index (κ1) is 14.8. The number of aromatic hydroxyl groups is 1. The Labute approximate surface area is 122 Å². The largest absolute Gasteiger partial charge is 0.507 e. The number of carbonyl (C=O) groups excluding carboxylic acids is 1. The number of phenols is 1. The highest BCUT2D eigenvalue weighted by Gasteiger charge is 2.12. The van der Waals surface area contributed by atoms with E-state index in [0.29, 0.717) is 17.7 Å². The van der Waals surface area contributed by atoms with Gasteiger partial charge < -0.3 is 15.2 Å². The highest BCUT2D eigenvalue weighted by atomic mass is 19.1. The Morgan fingerprint density at radius 3 is 2.76 bits per heavy atom. The third-order valence-electron chi connectivity index (χ3n) is 3.09. The van der Waals surface area contributed by atoms with Gasteiger partial charge in [0, 0.05) is 6.54 Å². The smallest absolute Gasteiger partial charge is 0.255 e. The number of benzene rings is 2. The van der Waals surface area contributed by atoms with Crippen molar-refractivity contribution in [1.82, 2.24) is 5.32 Å². The lowest BCUT2D eigenvalue weighted by molar-refractivity contribution is 0.0951. The second-order valence-corrected chi connectivity index (χ2v) is 4.48. The van der Waals surface area contributed by atoms with Gasteiger partial charge in [-0.15, -0.1) is 0 Å². The van der Waals surface area contributed by atoms with Gasteiger partial charge in [-0.2, -0.15) is 0 Å². The van der Waals surface area contributed by atoms with Gasteiger partial charge in [0.25, 0.3) is 5.91 Å². The molecule has 0 fully saturated rings. The molecule has 4 nitrogen and oxygen atoms in total. The van der Waals surface area contributed by atoms with Gasteiger partial charge in [-0.05, 0) is 36.2 Å². The average Bonchev–Trinajstić information content (AvgIpc) is 2.49. The van der Waals surface area contributed by atoms with E-state index in [0.717, 1.165) is 0 Å². The SMILES string of the molecule is COc1ccc(O)c(C(=O)NCCc2ccccc2F)c1. The van der Waals surface area contributed by atoms with E-state index < -0.39 is 5.91 Å². The summed E-state index contributed by atoms with van der Waals surface area (Å²) in [4.78, 5) is 12.0. The highest BCUT2D eigenvalue weighted by molar-refractivity contribution is 5.97. The fourth-order valence-corrected chi connectivity index (χ4v) is 1.93. The number of hydrogen-bond acceptors (Lipinski definition) is 3. The van der Waals surface area contributed by atoms with Crippen LogP contribution in [0.3, 0.4) is 0 Å². The molecule has 0 heterocycles. The van der Waals surface area contributed by atoms with Gasteiger partial charge in [-0.25, -0.2) is 4.39 Å². The molecule has 2 rings (SSSR count). The van der Waals surface area contributed by atoms with Crippen LogP contribution in [0.2, 0.25) is 0 Å². The summed E-state index contributed by atoms with van der Waals surface area (Å²) in [6.07, 6.45) is 0.378. The molecule has 0 aliphatic carbocycles. The van der Waals surface area contributed by atoms with Crippen molar-refractivity contribution in [2.24, 2.45) is 0 Å². The van der Waals surface area contributed by atoms with Crippen LogP contribution in [0.1, 0.15) is 15.9 Å². The lowest BCUT2D eigenvalue weighted by Gasteiger charge is -2.09. The molecular weight excluding hydrogens is 273 g/mol. The van der Waals surface area contributed by atoms with Gasteiger partial charge in [0.05, 0.1) is 12.7 Å². The minimum atomic E-state index is -0.428. The second-order valence-electron chi connectivity index (χ2n) is 4.48. The molecule has 1 amide bonds. The molecule has 2 aromatic carbocycles. The van der Waals surface area contributed by atoms with E-state index in [1.54, 1.807) is 24.3 Å². The second kappa shape index (κ2) is 6.74. The Bertz CT molecular complexity index is 643. The van der Waals surface area contributed by atoms with Crippen LogP contribution < -0.4 is 10.1 Å². The molecule has 2 N–H and O–H groups in total. The molecule has 21 heavy (non-hydrogen) atoms. The van der Waals surface area contributed by atoms with Gasteiger partial charge in [0.15, 0.2) is 0 Å². The van der Waals surface area contributed by atoms with Crippen molar-refractivity contribution < 1.29 is 19.0 Å². The minimum absolute atomic E-state index is 0.126. The number of carbonyl (C=O) groups is 1. The summed E-state index contributed by atoms with van der Waals surface area (Å²) < 4.78 is 18.4. The molecule has 0 unspecified atom stereocenters. The van der Waals surface area contributed by atoms with Crippen LogP contribution in [-0.4, -0.2) is 24.7 Å². The van der Waals surface area contributed by atoms with E-state index in [1.807, 2.05) is 0 Å². The molecule has 0 radical (unpaired) electrons. The molecule has 0 spiro atoms. The Kier molecular flexibility index (Phi) is 4.77. The van der Waals surface area contributed by atoms with E-state index >= 15 is 0 Å². The van der Waals surface area contributed by atoms with Crippen LogP contribution in [0.5, 0.6) is 11.5 Å². The zero-order valence-corrected chi connectivity index (χ0v) is 11.6. The monoisotopic (exact) mass is 289 g/mol. The zero-order valence-electron chi connectivity index (χ0n) is 11.6. The van der Waals surface area contributed by atoms with E-state index in [1.165, 1.54) is 25.3 Å².